The molecule has 0 spiro atoms. The van der Waals surface area contributed by atoms with Crippen molar-refractivity contribution < 1.29 is 14.3 Å². The number of hydrogen-bond donors (Lipinski definition) is 0. The molecule has 3 nitrogen and oxygen atoms in total. The zero-order chi connectivity index (χ0) is 8.27. The monoisotopic (exact) mass is 158 g/mol. The fourth-order valence-electron chi connectivity index (χ4n) is 1.09. The van der Waals surface area contributed by atoms with Gasteiger partial charge in [-0.15, -0.1) is 0 Å². The van der Waals surface area contributed by atoms with E-state index in [4.69, 9.17) is 4.74 Å². The number of carbonyl (C=O) groups excluding carboxylic acids is 1. The summed E-state index contributed by atoms with van der Waals surface area (Å²) >= 11 is 0. The molecule has 1 heterocycles. The summed E-state index contributed by atoms with van der Waals surface area (Å²) in [7, 11) is 1.39. The van der Waals surface area contributed by atoms with Crippen molar-refractivity contribution in [3.8, 4) is 0 Å². The molecule has 2 atom stereocenters. The Hall–Kier alpha value is -0.570. The van der Waals surface area contributed by atoms with Gasteiger partial charge in [0.2, 0.25) is 0 Å². The summed E-state index contributed by atoms with van der Waals surface area (Å²) in [5.74, 6) is -0.230. The number of carbonyl (C=O) groups is 1. The van der Waals surface area contributed by atoms with E-state index in [9.17, 15) is 4.79 Å². The van der Waals surface area contributed by atoms with Gasteiger partial charge in [0.1, 0.15) is 0 Å². The van der Waals surface area contributed by atoms with Gasteiger partial charge in [0, 0.05) is 0 Å². The van der Waals surface area contributed by atoms with E-state index < -0.39 is 0 Å². The van der Waals surface area contributed by atoms with Crippen molar-refractivity contribution in [3.63, 3.8) is 0 Å². The number of esters is 1. The molecule has 1 rings (SSSR count). The van der Waals surface area contributed by atoms with Gasteiger partial charge >= 0.3 is 5.97 Å². The van der Waals surface area contributed by atoms with Gasteiger partial charge in [0.05, 0.1) is 13.2 Å². The number of methoxy groups -OCH3 is 1. The van der Waals surface area contributed by atoms with E-state index in [0.29, 0.717) is 0 Å². The molecule has 64 valence electrons. The van der Waals surface area contributed by atoms with Gasteiger partial charge < -0.3 is 9.47 Å². The third-order valence-electron chi connectivity index (χ3n) is 1.86. The molecule has 0 saturated carbocycles. The second-order valence-corrected chi connectivity index (χ2v) is 2.76. The van der Waals surface area contributed by atoms with Gasteiger partial charge in [-0.1, -0.05) is 19.8 Å². The summed E-state index contributed by atoms with van der Waals surface area (Å²) in [4.78, 5) is 10.8. The lowest BCUT2D eigenvalue weighted by molar-refractivity contribution is -0.142. The maximum Gasteiger partial charge on any atom is 0.337 e. The van der Waals surface area contributed by atoms with Gasteiger partial charge in [-0.2, -0.15) is 0 Å². The van der Waals surface area contributed by atoms with Crippen LogP contribution in [-0.2, 0) is 14.3 Å². The average molecular weight is 158 g/mol. The van der Waals surface area contributed by atoms with E-state index in [1.807, 2.05) is 0 Å². The zero-order valence-corrected chi connectivity index (χ0v) is 7.00. The lowest BCUT2D eigenvalue weighted by Gasteiger charge is -1.92. The average Bonchev–Trinajstić information content (AvgIpc) is 2.78. The zero-order valence-electron chi connectivity index (χ0n) is 7.00. The molecule has 0 amide bonds. The normalized spacial score (nSPS) is 28.2. The minimum absolute atomic E-state index is 0.141. The second kappa shape index (κ2) is 3.72. The number of epoxide rings is 1. The van der Waals surface area contributed by atoms with Crippen molar-refractivity contribution in [2.45, 2.75) is 38.4 Å². The summed E-state index contributed by atoms with van der Waals surface area (Å²) in [5.41, 5.74) is 0. The summed E-state index contributed by atoms with van der Waals surface area (Å²) in [6.45, 7) is 2.12. The molecule has 1 aliphatic heterocycles. The van der Waals surface area contributed by atoms with Crippen LogP contribution in [0.3, 0.4) is 0 Å². The summed E-state index contributed by atoms with van der Waals surface area (Å²) in [5, 5.41) is 0. The topological polar surface area (TPSA) is 38.8 Å². The fourth-order valence-corrected chi connectivity index (χ4v) is 1.09. The van der Waals surface area contributed by atoms with Gasteiger partial charge in [-0.05, 0) is 6.42 Å². The van der Waals surface area contributed by atoms with Crippen LogP contribution in [0.1, 0.15) is 26.2 Å². The standard InChI is InChI=1S/C8H14O3/c1-3-4-5-6-7(11-6)8(9)10-2/h6-7H,3-5H2,1-2H3. The lowest BCUT2D eigenvalue weighted by Crippen LogP contribution is -2.11. The molecule has 2 unspecified atom stereocenters. The van der Waals surface area contributed by atoms with Crippen molar-refractivity contribution in [3.05, 3.63) is 0 Å². The second-order valence-electron chi connectivity index (χ2n) is 2.76. The van der Waals surface area contributed by atoms with Crippen molar-refractivity contribution in [1.29, 1.82) is 0 Å². The number of hydrogen-bond acceptors (Lipinski definition) is 3. The largest absolute Gasteiger partial charge is 0.467 e. The third-order valence-corrected chi connectivity index (χ3v) is 1.86. The summed E-state index contributed by atoms with van der Waals surface area (Å²) in [6, 6.07) is 0. The van der Waals surface area contributed by atoms with Gasteiger partial charge in [0.15, 0.2) is 6.10 Å². The maximum absolute atomic E-state index is 10.8. The molecule has 0 aromatic carbocycles. The van der Waals surface area contributed by atoms with Crippen molar-refractivity contribution in [2.75, 3.05) is 7.11 Å². The SMILES string of the molecule is CCCCC1OC1C(=O)OC. The van der Waals surface area contributed by atoms with E-state index in [2.05, 4.69) is 11.7 Å². The Morgan fingerprint density at radius 2 is 2.36 bits per heavy atom. The highest BCUT2D eigenvalue weighted by atomic mass is 16.6. The molecule has 0 aliphatic carbocycles. The molecule has 0 radical (unpaired) electrons. The molecule has 1 aliphatic rings. The van der Waals surface area contributed by atoms with Gasteiger partial charge in [-0.3, -0.25) is 0 Å². The van der Waals surface area contributed by atoms with E-state index in [0.717, 1.165) is 19.3 Å². The summed E-state index contributed by atoms with van der Waals surface area (Å²) < 4.78 is 9.62. The van der Waals surface area contributed by atoms with Crippen LogP contribution in [0, 0.1) is 0 Å². The van der Waals surface area contributed by atoms with Crippen molar-refractivity contribution in [2.24, 2.45) is 0 Å². The Balaban J connectivity index is 2.11. The molecule has 0 aromatic heterocycles. The molecule has 11 heavy (non-hydrogen) atoms. The predicted octanol–water partition coefficient (Wildman–Crippen LogP) is 1.12. The van der Waals surface area contributed by atoms with E-state index >= 15 is 0 Å². The van der Waals surface area contributed by atoms with Crippen LogP contribution >= 0.6 is 0 Å². The molecule has 3 heteroatoms. The third kappa shape index (κ3) is 2.19. The van der Waals surface area contributed by atoms with Crippen LogP contribution in [0.2, 0.25) is 0 Å². The van der Waals surface area contributed by atoms with Crippen LogP contribution in [0.15, 0.2) is 0 Å². The van der Waals surface area contributed by atoms with Gasteiger partial charge in [-0.25, -0.2) is 4.79 Å². The Labute approximate surface area is 66.7 Å². The van der Waals surface area contributed by atoms with E-state index in [-0.39, 0.29) is 18.2 Å². The first-order valence-corrected chi connectivity index (χ1v) is 4.03. The first kappa shape index (κ1) is 8.53. The van der Waals surface area contributed by atoms with Crippen molar-refractivity contribution in [1.82, 2.24) is 0 Å². The van der Waals surface area contributed by atoms with E-state index in [1.165, 1.54) is 7.11 Å². The molecule has 1 fully saturated rings. The minimum Gasteiger partial charge on any atom is -0.467 e. The first-order chi connectivity index (χ1) is 5.29. The molecular formula is C8H14O3. The Morgan fingerprint density at radius 3 is 2.91 bits per heavy atom. The van der Waals surface area contributed by atoms with Crippen LogP contribution in [0.4, 0.5) is 0 Å². The predicted molar refractivity (Wildman–Crippen MR) is 40.2 cm³/mol. The van der Waals surface area contributed by atoms with Crippen LogP contribution in [-0.4, -0.2) is 25.3 Å². The number of unbranched alkanes of at least 4 members (excludes halogenated alkanes) is 1. The van der Waals surface area contributed by atoms with E-state index in [1.54, 1.807) is 0 Å². The fraction of sp³-hybridized carbons (Fsp3) is 0.875. The van der Waals surface area contributed by atoms with Crippen LogP contribution in [0.25, 0.3) is 0 Å². The molecular weight excluding hydrogens is 144 g/mol. The van der Waals surface area contributed by atoms with Crippen molar-refractivity contribution >= 4 is 5.97 Å². The highest BCUT2D eigenvalue weighted by Gasteiger charge is 2.45. The van der Waals surface area contributed by atoms with Crippen LogP contribution < -0.4 is 0 Å². The highest BCUT2D eigenvalue weighted by molar-refractivity contribution is 5.77. The molecule has 0 bridgehead atoms. The Bertz CT molecular complexity index is 144. The molecule has 0 N–H and O–H groups in total. The number of ether oxygens (including phenoxy) is 2. The molecule has 0 aromatic rings. The maximum atomic E-state index is 10.8. The quantitative estimate of drug-likeness (QED) is 0.454. The van der Waals surface area contributed by atoms with Crippen LogP contribution in [0.5, 0.6) is 0 Å². The minimum atomic E-state index is -0.258. The highest BCUT2D eigenvalue weighted by Crippen LogP contribution is 2.27. The Kier molecular flexibility index (Phi) is 2.88. The van der Waals surface area contributed by atoms with Gasteiger partial charge in [0.25, 0.3) is 0 Å². The molecule has 1 saturated heterocycles. The first-order valence-electron chi connectivity index (χ1n) is 4.03. The summed E-state index contributed by atoms with van der Waals surface area (Å²) in [6.07, 6.45) is 3.14. The smallest absolute Gasteiger partial charge is 0.337 e. The lowest BCUT2D eigenvalue weighted by atomic mass is 10.2. The number of rotatable bonds is 4. The Morgan fingerprint density at radius 1 is 1.64 bits per heavy atom.